The van der Waals surface area contributed by atoms with Crippen LogP contribution in [0.1, 0.15) is 16.1 Å². The Kier molecular flexibility index (Phi) is 6.30. The third kappa shape index (κ3) is 4.29. The third-order valence-corrected chi connectivity index (χ3v) is 8.02. The Balaban J connectivity index is 1.54. The molecular weight excluding hydrogens is 512 g/mol. The van der Waals surface area contributed by atoms with Gasteiger partial charge >= 0.3 is 0 Å². The monoisotopic (exact) mass is 528 g/mol. The van der Waals surface area contributed by atoms with E-state index in [0.717, 1.165) is 10.4 Å². The summed E-state index contributed by atoms with van der Waals surface area (Å²) in [6.07, 6.45) is 3.49. The fourth-order valence-electron chi connectivity index (χ4n) is 3.40. The molecule has 1 aliphatic heterocycles. The number of nitrogens with zero attached hydrogens (tertiary/aromatic N) is 4. The zero-order chi connectivity index (χ0) is 23.8. The number of methoxy groups -OCH3 is 1. The fraction of sp³-hybridized carbons (Fsp3) is 0.130. The van der Waals surface area contributed by atoms with Crippen LogP contribution in [0.3, 0.4) is 0 Å². The fourth-order valence-corrected chi connectivity index (χ4v) is 6.06. The largest absolute Gasteiger partial charge is 0.495 e. The van der Waals surface area contributed by atoms with Gasteiger partial charge in [0.15, 0.2) is 10.1 Å². The first-order chi connectivity index (χ1) is 16.4. The molecule has 34 heavy (non-hydrogen) atoms. The molecule has 1 aliphatic rings. The quantitative estimate of drug-likeness (QED) is 0.321. The summed E-state index contributed by atoms with van der Waals surface area (Å²) in [5.41, 5.74) is 2.35. The highest BCUT2D eigenvalue weighted by atomic mass is 35.5. The lowest BCUT2D eigenvalue weighted by atomic mass is 10.2. The summed E-state index contributed by atoms with van der Waals surface area (Å²) in [5.74, 6) is 0.578. The van der Waals surface area contributed by atoms with Crippen LogP contribution in [0.4, 0.5) is 5.69 Å². The number of benzene rings is 1. The first-order valence-corrected chi connectivity index (χ1v) is 13.2. The minimum absolute atomic E-state index is 0.145. The molecular formula is C23H17ClN4O3S3. The van der Waals surface area contributed by atoms with Gasteiger partial charge in [-0.2, -0.15) is 0 Å². The first-order valence-electron chi connectivity index (χ1n) is 10.1. The normalized spacial score (nSPS) is 14.9. The van der Waals surface area contributed by atoms with Gasteiger partial charge in [0.2, 0.25) is 0 Å². The number of thiazole rings is 1. The Bertz CT molecular complexity index is 1540. The maximum absolute atomic E-state index is 13.5. The molecule has 11 heteroatoms. The van der Waals surface area contributed by atoms with Gasteiger partial charge in [0.1, 0.15) is 11.4 Å². The van der Waals surface area contributed by atoms with Crippen LogP contribution in [-0.2, 0) is 10.5 Å². The van der Waals surface area contributed by atoms with E-state index in [1.807, 2.05) is 23.8 Å². The van der Waals surface area contributed by atoms with Crippen LogP contribution in [-0.4, -0.2) is 27.6 Å². The molecule has 172 valence electrons. The number of hydrogen-bond acceptors (Lipinski definition) is 8. The number of anilines is 1. The number of ether oxygens (including phenoxy) is 1. The maximum atomic E-state index is 13.5. The predicted octanol–water partition coefficient (Wildman–Crippen LogP) is 5.47. The molecule has 0 fully saturated rings. The number of aromatic nitrogens is 2. The standard InChI is InChI=1S/C23H17ClN4O3S3/c1-13-5-7-32-19(13)11-16-21(30)28(17-9-14(24)3-4-18(17)31-2)23(26-16)34-12-15-10-20(29)27-6-8-33-22(27)25-15/h3-11H,12H2,1-2H3/b16-11-. The SMILES string of the molecule is COc1ccc(Cl)cc1N1C(=O)/C(=C/c2sccc2C)N=C1SCc1cc(=O)n2ccsc2n1. The number of amidine groups is 1. The Morgan fingerprint density at radius 1 is 1.18 bits per heavy atom. The number of halogens is 1. The number of carbonyl (C=O) groups excluding carboxylic acids is 1. The Labute approximate surface area is 212 Å². The van der Waals surface area contributed by atoms with Crippen LogP contribution in [0.5, 0.6) is 5.75 Å². The van der Waals surface area contributed by atoms with E-state index in [4.69, 9.17) is 16.3 Å². The van der Waals surface area contributed by atoms with Crippen molar-refractivity contribution in [2.24, 2.45) is 4.99 Å². The van der Waals surface area contributed by atoms with Crippen molar-refractivity contribution in [2.75, 3.05) is 12.0 Å². The van der Waals surface area contributed by atoms with E-state index in [0.29, 0.717) is 43.7 Å². The molecule has 7 nitrogen and oxygen atoms in total. The number of aryl methyl sites for hydroxylation is 1. The van der Waals surface area contributed by atoms with Crippen molar-refractivity contribution in [3.8, 4) is 5.75 Å². The molecule has 0 atom stereocenters. The summed E-state index contributed by atoms with van der Waals surface area (Å²) in [6.45, 7) is 1.99. The molecule has 0 bridgehead atoms. The first kappa shape index (κ1) is 22.9. The van der Waals surface area contributed by atoms with Crippen molar-refractivity contribution < 1.29 is 9.53 Å². The highest BCUT2D eigenvalue weighted by molar-refractivity contribution is 8.13. The summed E-state index contributed by atoms with van der Waals surface area (Å²) >= 11 is 10.5. The summed E-state index contributed by atoms with van der Waals surface area (Å²) < 4.78 is 7.00. The van der Waals surface area contributed by atoms with Crippen LogP contribution < -0.4 is 15.2 Å². The van der Waals surface area contributed by atoms with Crippen molar-refractivity contribution >= 4 is 73.8 Å². The van der Waals surface area contributed by atoms with Crippen LogP contribution >= 0.6 is 46.0 Å². The molecule has 0 N–H and O–H groups in total. The highest BCUT2D eigenvalue weighted by Gasteiger charge is 2.34. The Morgan fingerprint density at radius 2 is 2.03 bits per heavy atom. The lowest BCUT2D eigenvalue weighted by Gasteiger charge is -2.20. The highest BCUT2D eigenvalue weighted by Crippen LogP contribution is 2.38. The molecule has 4 aromatic rings. The number of carbonyl (C=O) groups is 1. The van der Waals surface area contributed by atoms with Crippen molar-refractivity contribution in [3.05, 3.63) is 84.5 Å². The lowest BCUT2D eigenvalue weighted by molar-refractivity contribution is -0.113. The molecule has 4 heterocycles. The van der Waals surface area contributed by atoms with E-state index in [1.54, 1.807) is 41.8 Å². The van der Waals surface area contributed by atoms with E-state index < -0.39 is 0 Å². The number of thiophene rings is 1. The second-order valence-electron chi connectivity index (χ2n) is 7.28. The molecule has 0 unspecified atom stereocenters. The Hall–Kier alpha value is -2.92. The third-order valence-electron chi connectivity index (χ3n) is 5.09. The molecule has 0 saturated heterocycles. The summed E-state index contributed by atoms with van der Waals surface area (Å²) in [5, 5.41) is 4.72. The van der Waals surface area contributed by atoms with Gasteiger partial charge in [0.05, 0.1) is 18.5 Å². The predicted molar refractivity (Wildman–Crippen MR) is 141 cm³/mol. The summed E-state index contributed by atoms with van der Waals surface area (Å²) in [7, 11) is 1.54. The molecule has 0 saturated carbocycles. The van der Waals surface area contributed by atoms with E-state index in [9.17, 15) is 9.59 Å². The zero-order valence-electron chi connectivity index (χ0n) is 18.0. The van der Waals surface area contributed by atoms with Crippen LogP contribution in [0.25, 0.3) is 11.0 Å². The second-order valence-corrected chi connectivity index (χ2v) is 10.5. The number of amides is 1. The van der Waals surface area contributed by atoms with Gasteiger partial charge in [-0.1, -0.05) is 23.4 Å². The molecule has 1 aromatic carbocycles. The van der Waals surface area contributed by atoms with Gasteiger partial charge in [-0.25, -0.2) is 14.9 Å². The Morgan fingerprint density at radius 3 is 2.79 bits per heavy atom. The molecule has 3 aromatic heterocycles. The minimum Gasteiger partial charge on any atom is -0.495 e. The van der Waals surface area contributed by atoms with Crippen molar-refractivity contribution in [2.45, 2.75) is 12.7 Å². The van der Waals surface area contributed by atoms with Gasteiger partial charge in [-0.3, -0.25) is 14.0 Å². The molecule has 0 radical (unpaired) electrons. The smallest absolute Gasteiger partial charge is 0.283 e. The van der Waals surface area contributed by atoms with Crippen LogP contribution in [0.2, 0.25) is 5.02 Å². The van der Waals surface area contributed by atoms with E-state index in [1.165, 1.54) is 45.6 Å². The molecule has 0 spiro atoms. The molecule has 0 aliphatic carbocycles. The molecule has 5 rings (SSSR count). The minimum atomic E-state index is -0.280. The zero-order valence-corrected chi connectivity index (χ0v) is 21.2. The number of aliphatic imine (C=N–C) groups is 1. The van der Waals surface area contributed by atoms with Crippen LogP contribution in [0.15, 0.2) is 62.8 Å². The second kappa shape index (κ2) is 9.38. The van der Waals surface area contributed by atoms with Crippen molar-refractivity contribution in [3.63, 3.8) is 0 Å². The number of fused-ring (bicyclic) bond motifs is 1. The summed E-state index contributed by atoms with van der Waals surface area (Å²) in [6, 6.07) is 8.59. The average Bonchev–Trinajstić information content (AvgIpc) is 3.53. The van der Waals surface area contributed by atoms with Gasteiger partial charge in [0, 0.05) is 33.3 Å². The van der Waals surface area contributed by atoms with E-state index >= 15 is 0 Å². The number of thioether (sulfide) groups is 1. The lowest BCUT2D eigenvalue weighted by Crippen LogP contribution is -2.30. The number of hydrogen-bond donors (Lipinski definition) is 0. The van der Waals surface area contributed by atoms with Crippen molar-refractivity contribution in [1.29, 1.82) is 0 Å². The topological polar surface area (TPSA) is 76.3 Å². The number of rotatable bonds is 5. The average molecular weight is 529 g/mol. The van der Waals surface area contributed by atoms with E-state index in [-0.39, 0.29) is 11.5 Å². The maximum Gasteiger partial charge on any atom is 0.283 e. The van der Waals surface area contributed by atoms with Crippen LogP contribution in [0, 0.1) is 6.92 Å². The van der Waals surface area contributed by atoms with E-state index in [2.05, 4.69) is 9.98 Å². The summed E-state index contributed by atoms with van der Waals surface area (Å²) in [4.78, 5) is 38.2. The van der Waals surface area contributed by atoms with Gasteiger partial charge in [-0.15, -0.1) is 22.7 Å². The van der Waals surface area contributed by atoms with Gasteiger partial charge in [0.25, 0.3) is 11.5 Å². The van der Waals surface area contributed by atoms with Gasteiger partial charge < -0.3 is 4.74 Å². The van der Waals surface area contributed by atoms with Crippen molar-refractivity contribution in [1.82, 2.24) is 9.38 Å². The molecule has 1 amide bonds. The van der Waals surface area contributed by atoms with Gasteiger partial charge in [-0.05, 0) is 48.2 Å².